The van der Waals surface area contributed by atoms with E-state index in [1.165, 1.54) is 0 Å². The molecule has 0 spiro atoms. The Bertz CT molecular complexity index is 581. The number of halogens is 2. The molecule has 6 heteroatoms. The Hall–Kier alpha value is -1.30. The van der Waals surface area contributed by atoms with Gasteiger partial charge in [-0.1, -0.05) is 6.07 Å². The Morgan fingerprint density at radius 1 is 1.44 bits per heavy atom. The highest BCUT2D eigenvalue weighted by atomic mass is 79.9. The van der Waals surface area contributed by atoms with Crippen LogP contribution in [0.2, 0.25) is 0 Å². The fraction of sp³-hybridized carbons (Fsp3) is 0.417. The van der Waals surface area contributed by atoms with Crippen LogP contribution in [0.3, 0.4) is 0 Å². The van der Waals surface area contributed by atoms with Crippen LogP contribution in [-0.4, -0.2) is 25.9 Å². The minimum Gasteiger partial charge on any atom is -0.304 e. The predicted octanol–water partition coefficient (Wildman–Crippen LogP) is 2.95. The van der Waals surface area contributed by atoms with Gasteiger partial charge in [0.15, 0.2) is 5.82 Å². The Morgan fingerprint density at radius 2 is 2.28 bits per heavy atom. The van der Waals surface area contributed by atoms with Gasteiger partial charge in [-0.15, -0.1) is 10.2 Å². The van der Waals surface area contributed by atoms with Crippen LogP contribution >= 0.6 is 15.9 Å². The molecule has 0 saturated heterocycles. The standard InChI is InChI=1S/C12H12BrFN4/c1-7(14)9-5-6-11-16-17-12(18(9)11)8-3-2-4-10(13)15-8/h2-4,7,9H,5-6H2,1H3/t7?,9-/m1/s1. The van der Waals surface area contributed by atoms with Crippen LogP contribution in [0.15, 0.2) is 22.8 Å². The zero-order valence-corrected chi connectivity index (χ0v) is 11.4. The van der Waals surface area contributed by atoms with Crippen molar-refractivity contribution in [3.05, 3.63) is 28.6 Å². The molecule has 0 bridgehead atoms. The topological polar surface area (TPSA) is 43.6 Å². The van der Waals surface area contributed by atoms with E-state index in [0.29, 0.717) is 5.82 Å². The molecule has 1 aliphatic heterocycles. The minimum absolute atomic E-state index is 0.175. The zero-order valence-electron chi connectivity index (χ0n) is 9.85. The van der Waals surface area contributed by atoms with Gasteiger partial charge < -0.3 is 4.57 Å². The first-order valence-electron chi connectivity index (χ1n) is 5.87. The van der Waals surface area contributed by atoms with Crippen molar-refractivity contribution < 1.29 is 4.39 Å². The van der Waals surface area contributed by atoms with Gasteiger partial charge in [-0.3, -0.25) is 0 Å². The van der Waals surface area contributed by atoms with Gasteiger partial charge in [-0.2, -0.15) is 0 Å². The lowest BCUT2D eigenvalue weighted by Gasteiger charge is -2.15. The van der Waals surface area contributed by atoms with Gasteiger partial charge in [-0.05, 0) is 41.4 Å². The minimum atomic E-state index is -0.909. The van der Waals surface area contributed by atoms with Crippen LogP contribution in [-0.2, 0) is 6.42 Å². The van der Waals surface area contributed by atoms with E-state index in [-0.39, 0.29) is 6.04 Å². The Kier molecular flexibility index (Phi) is 2.89. The molecule has 0 aliphatic carbocycles. The third-order valence-corrected chi connectivity index (χ3v) is 3.68. The number of alkyl halides is 1. The quantitative estimate of drug-likeness (QED) is 0.801. The molecule has 1 aliphatic rings. The van der Waals surface area contributed by atoms with Crippen LogP contribution in [0.25, 0.3) is 11.5 Å². The molecule has 2 aromatic rings. The van der Waals surface area contributed by atoms with E-state index in [9.17, 15) is 4.39 Å². The maximum absolute atomic E-state index is 13.6. The molecular formula is C12H12BrFN4. The summed E-state index contributed by atoms with van der Waals surface area (Å²) in [7, 11) is 0. The average Bonchev–Trinajstić information content (AvgIpc) is 2.88. The van der Waals surface area contributed by atoms with Crippen molar-refractivity contribution in [2.45, 2.75) is 32.0 Å². The van der Waals surface area contributed by atoms with E-state index in [0.717, 1.165) is 29.0 Å². The SMILES string of the molecule is CC(F)[C@H]1CCc2nnc(-c3cccc(Br)n3)n21. The third-order valence-electron chi connectivity index (χ3n) is 3.24. The molecule has 0 aromatic carbocycles. The number of aromatic nitrogens is 4. The molecule has 0 N–H and O–H groups in total. The van der Waals surface area contributed by atoms with Gasteiger partial charge >= 0.3 is 0 Å². The van der Waals surface area contributed by atoms with Crippen LogP contribution in [0, 0.1) is 0 Å². The van der Waals surface area contributed by atoms with Crippen LogP contribution in [0.5, 0.6) is 0 Å². The number of hydrogen-bond acceptors (Lipinski definition) is 3. The lowest BCUT2D eigenvalue weighted by Crippen LogP contribution is -2.15. The largest absolute Gasteiger partial charge is 0.304 e. The zero-order chi connectivity index (χ0) is 12.7. The number of aryl methyl sites for hydroxylation is 1. The van der Waals surface area contributed by atoms with Crippen molar-refractivity contribution in [2.75, 3.05) is 0 Å². The van der Waals surface area contributed by atoms with Crippen LogP contribution in [0.1, 0.15) is 25.2 Å². The summed E-state index contributed by atoms with van der Waals surface area (Å²) in [6.07, 6.45) is 0.650. The second-order valence-electron chi connectivity index (χ2n) is 4.44. The van der Waals surface area contributed by atoms with Crippen molar-refractivity contribution in [3.8, 4) is 11.5 Å². The van der Waals surface area contributed by atoms with Crippen LogP contribution in [0.4, 0.5) is 4.39 Å². The second kappa shape index (κ2) is 4.42. The maximum Gasteiger partial charge on any atom is 0.183 e. The molecule has 2 aromatic heterocycles. The lowest BCUT2D eigenvalue weighted by atomic mass is 10.1. The number of rotatable bonds is 2. The van der Waals surface area contributed by atoms with E-state index in [1.54, 1.807) is 6.92 Å². The molecule has 3 rings (SSSR count). The molecule has 2 atom stereocenters. The highest BCUT2D eigenvalue weighted by Gasteiger charge is 2.31. The maximum atomic E-state index is 13.6. The van der Waals surface area contributed by atoms with Crippen molar-refractivity contribution in [3.63, 3.8) is 0 Å². The van der Waals surface area contributed by atoms with Gasteiger partial charge in [0, 0.05) is 6.42 Å². The van der Waals surface area contributed by atoms with Crippen molar-refractivity contribution in [2.24, 2.45) is 0 Å². The first-order chi connectivity index (χ1) is 8.66. The van der Waals surface area contributed by atoms with Crippen molar-refractivity contribution in [1.29, 1.82) is 0 Å². The number of hydrogen-bond donors (Lipinski definition) is 0. The summed E-state index contributed by atoms with van der Waals surface area (Å²) in [4.78, 5) is 4.36. The number of fused-ring (bicyclic) bond motifs is 1. The average molecular weight is 311 g/mol. The lowest BCUT2D eigenvalue weighted by molar-refractivity contribution is 0.257. The molecule has 0 amide bonds. The fourth-order valence-corrected chi connectivity index (χ4v) is 2.73. The normalized spacial score (nSPS) is 19.8. The molecule has 18 heavy (non-hydrogen) atoms. The summed E-state index contributed by atoms with van der Waals surface area (Å²) < 4.78 is 16.3. The van der Waals surface area contributed by atoms with E-state index in [1.807, 2.05) is 22.8 Å². The van der Waals surface area contributed by atoms with E-state index >= 15 is 0 Å². The Morgan fingerprint density at radius 3 is 3.00 bits per heavy atom. The van der Waals surface area contributed by atoms with Crippen LogP contribution < -0.4 is 0 Å². The monoisotopic (exact) mass is 310 g/mol. The highest BCUT2D eigenvalue weighted by molar-refractivity contribution is 9.10. The number of pyridine rings is 1. The molecular weight excluding hydrogens is 299 g/mol. The molecule has 0 saturated carbocycles. The predicted molar refractivity (Wildman–Crippen MR) is 68.9 cm³/mol. The summed E-state index contributed by atoms with van der Waals surface area (Å²) in [5.41, 5.74) is 0.718. The van der Waals surface area contributed by atoms with Gasteiger partial charge in [0.05, 0.1) is 6.04 Å². The fourth-order valence-electron chi connectivity index (χ4n) is 2.39. The summed E-state index contributed by atoms with van der Waals surface area (Å²) in [6.45, 7) is 1.58. The molecule has 0 radical (unpaired) electrons. The summed E-state index contributed by atoms with van der Waals surface area (Å²) >= 11 is 3.33. The molecule has 3 heterocycles. The van der Waals surface area contributed by atoms with E-state index in [2.05, 4.69) is 31.1 Å². The summed E-state index contributed by atoms with van der Waals surface area (Å²) in [6, 6.07) is 5.42. The molecule has 1 unspecified atom stereocenters. The Balaban J connectivity index is 2.10. The van der Waals surface area contributed by atoms with Gasteiger partial charge in [-0.25, -0.2) is 9.37 Å². The summed E-state index contributed by atoms with van der Waals surface area (Å²) in [5, 5.41) is 8.27. The van der Waals surface area contributed by atoms with E-state index in [4.69, 9.17) is 0 Å². The van der Waals surface area contributed by atoms with E-state index < -0.39 is 6.17 Å². The van der Waals surface area contributed by atoms with Gasteiger partial charge in [0.2, 0.25) is 0 Å². The third kappa shape index (κ3) is 1.84. The van der Waals surface area contributed by atoms with Crippen molar-refractivity contribution in [1.82, 2.24) is 19.7 Å². The Labute approximate surface area is 112 Å². The highest BCUT2D eigenvalue weighted by Crippen LogP contribution is 2.33. The molecule has 4 nitrogen and oxygen atoms in total. The molecule has 0 fully saturated rings. The smallest absolute Gasteiger partial charge is 0.183 e. The van der Waals surface area contributed by atoms with Gasteiger partial charge in [0.25, 0.3) is 0 Å². The summed E-state index contributed by atoms with van der Waals surface area (Å²) in [5.74, 6) is 1.50. The number of nitrogens with zero attached hydrogens (tertiary/aromatic N) is 4. The van der Waals surface area contributed by atoms with Crippen molar-refractivity contribution >= 4 is 15.9 Å². The first-order valence-corrected chi connectivity index (χ1v) is 6.67. The first kappa shape index (κ1) is 11.8. The second-order valence-corrected chi connectivity index (χ2v) is 5.25. The van der Waals surface area contributed by atoms with Gasteiger partial charge in [0.1, 0.15) is 22.3 Å². The molecule has 94 valence electrons.